The van der Waals surface area contributed by atoms with Crippen molar-refractivity contribution in [3.63, 3.8) is 0 Å². The molecule has 0 unspecified atom stereocenters. The van der Waals surface area contributed by atoms with E-state index in [1.165, 1.54) is 51.4 Å². The summed E-state index contributed by atoms with van der Waals surface area (Å²) in [5.41, 5.74) is 0. The lowest BCUT2D eigenvalue weighted by atomic mass is 10.1. The van der Waals surface area contributed by atoms with E-state index in [0.29, 0.717) is 0 Å². The molecule has 16 heavy (non-hydrogen) atoms. The summed E-state index contributed by atoms with van der Waals surface area (Å²) < 4.78 is 10.5. The molecule has 0 saturated carbocycles. The van der Waals surface area contributed by atoms with Gasteiger partial charge in [-0.2, -0.15) is 0 Å². The van der Waals surface area contributed by atoms with Crippen LogP contribution in [0.5, 0.6) is 0 Å². The maximum Gasteiger partial charge on any atom is 0.0487 e. The SMILES string of the molecule is CCCCCCCCCCOCCCOC. The summed E-state index contributed by atoms with van der Waals surface area (Å²) in [7, 11) is 1.73. The van der Waals surface area contributed by atoms with E-state index in [1.54, 1.807) is 7.11 Å². The largest absolute Gasteiger partial charge is 0.385 e. The quantitative estimate of drug-likeness (QED) is 0.442. The van der Waals surface area contributed by atoms with Gasteiger partial charge in [-0.15, -0.1) is 0 Å². The Kier molecular flexibility index (Phi) is 14.8. The van der Waals surface area contributed by atoms with Crippen LogP contribution in [0.2, 0.25) is 0 Å². The van der Waals surface area contributed by atoms with Crippen LogP contribution in [0.3, 0.4) is 0 Å². The molecule has 0 bridgehead atoms. The second-order valence-corrected chi connectivity index (χ2v) is 4.43. The van der Waals surface area contributed by atoms with Crippen molar-refractivity contribution in [2.75, 3.05) is 26.9 Å². The molecule has 0 fully saturated rings. The molecule has 2 nitrogen and oxygen atoms in total. The number of ether oxygens (including phenoxy) is 2. The topological polar surface area (TPSA) is 18.5 Å². The van der Waals surface area contributed by atoms with Crippen LogP contribution in [0.4, 0.5) is 0 Å². The van der Waals surface area contributed by atoms with Gasteiger partial charge in [-0.25, -0.2) is 0 Å². The van der Waals surface area contributed by atoms with Crippen molar-refractivity contribution in [1.29, 1.82) is 0 Å². The maximum absolute atomic E-state index is 5.50. The Labute approximate surface area is 102 Å². The van der Waals surface area contributed by atoms with Gasteiger partial charge in [-0.1, -0.05) is 51.9 Å². The molecule has 0 aromatic heterocycles. The molecule has 0 saturated heterocycles. The van der Waals surface area contributed by atoms with Crippen LogP contribution in [0.15, 0.2) is 0 Å². The van der Waals surface area contributed by atoms with Crippen LogP contribution in [0.25, 0.3) is 0 Å². The zero-order valence-electron chi connectivity index (χ0n) is 11.3. The van der Waals surface area contributed by atoms with Gasteiger partial charge in [0.05, 0.1) is 0 Å². The third-order valence-corrected chi connectivity index (χ3v) is 2.78. The summed E-state index contributed by atoms with van der Waals surface area (Å²) in [6.07, 6.45) is 11.9. The summed E-state index contributed by atoms with van der Waals surface area (Å²) in [6, 6.07) is 0. The monoisotopic (exact) mass is 230 g/mol. The summed E-state index contributed by atoms with van der Waals surface area (Å²) in [4.78, 5) is 0. The zero-order chi connectivity index (χ0) is 11.9. The van der Waals surface area contributed by atoms with E-state index in [4.69, 9.17) is 9.47 Å². The molecule has 0 aliphatic rings. The second-order valence-electron chi connectivity index (χ2n) is 4.43. The Hall–Kier alpha value is -0.0800. The normalized spacial score (nSPS) is 10.9. The Morgan fingerprint density at radius 1 is 0.625 bits per heavy atom. The molecule has 0 amide bonds. The number of rotatable bonds is 13. The molecule has 2 heteroatoms. The lowest BCUT2D eigenvalue weighted by molar-refractivity contribution is 0.100. The molecular formula is C14H30O2. The van der Waals surface area contributed by atoms with Gasteiger partial charge >= 0.3 is 0 Å². The fourth-order valence-electron chi connectivity index (χ4n) is 1.75. The van der Waals surface area contributed by atoms with Crippen molar-refractivity contribution in [3.8, 4) is 0 Å². The molecule has 0 aromatic rings. The van der Waals surface area contributed by atoms with Crippen molar-refractivity contribution < 1.29 is 9.47 Å². The minimum Gasteiger partial charge on any atom is -0.385 e. The van der Waals surface area contributed by atoms with E-state index in [-0.39, 0.29) is 0 Å². The van der Waals surface area contributed by atoms with E-state index in [2.05, 4.69) is 6.92 Å². The molecule has 0 radical (unpaired) electrons. The first-order valence-electron chi connectivity index (χ1n) is 6.98. The van der Waals surface area contributed by atoms with Gasteiger partial charge in [0.25, 0.3) is 0 Å². The third-order valence-electron chi connectivity index (χ3n) is 2.78. The summed E-state index contributed by atoms with van der Waals surface area (Å²) in [6.45, 7) is 4.86. The zero-order valence-corrected chi connectivity index (χ0v) is 11.3. The van der Waals surface area contributed by atoms with Gasteiger partial charge in [0.1, 0.15) is 0 Å². The van der Waals surface area contributed by atoms with Crippen molar-refractivity contribution in [2.24, 2.45) is 0 Å². The predicted octanol–water partition coefficient (Wildman–Crippen LogP) is 4.18. The van der Waals surface area contributed by atoms with Crippen LogP contribution >= 0.6 is 0 Å². The molecule has 0 spiro atoms. The molecule has 0 atom stereocenters. The minimum atomic E-state index is 0.817. The van der Waals surface area contributed by atoms with Gasteiger partial charge in [0.2, 0.25) is 0 Å². The number of unbranched alkanes of at least 4 members (excludes halogenated alkanes) is 7. The fraction of sp³-hybridized carbons (Fsp3) is 1.00. The average molecular weight is 230 g/mol. The Balaban J connectivity index is 2.83. The fourth-order valence-corrected chi connectivity index (χ4v) is 1.75. The first-order valence-corrected chi connectivity index (χ1v) is 6.98. The van der Waals surface area contributed by atoms with Crippen LogP contribution in [0.1, 0.15) is 64.7 Å². The van der Waals surface area contributed by atoms with Crippen LogP contribution in [-0.4, -0.2) is 26.9 Å². The molecule has 0 heterocycles. The van der Waals surface area contributed by atoms with Crippen molar-refractivity contribution in [2.45, 2.75) is 64.7 Å². The van der Waals surface area contributed by atoms with E-state index < -0.39 is 0 Å². The molecular weight excluding hydrogens is 200 g/mol. The number of hydrogen-bond donors (Lipinski definition) is 0. The molecule has 0 aliphatic carbocycles. The highest BCUT2D eigenvalue weighted by atomic mass is 16.5. The first-order chi connectivity index (χ1) is 7.91. The first kappa shape index (κ1) is 15.9. The van der Waals surface area contributed by atoms with Gasteiger partial charge in [-0.3, -0.25) is 0 Å². The van der Waals surface area contributed by atoms with Gasteiger partial charge in [-0.05, 0) is 12.8 Å². The van der Waals surface area contributed by atoms with Crippen molar-refractivity contribution in [3.05, 3.63) is 0 Å². The van der Waals surface area contributed by atoms with Crippen molar-refractivity contribution >= 4 is 0 Å². The highest BCUT2D eigenvalue weighted by Crippen LogP contribution is 2.08. The second kappa shape index (κ2) is 14.9. The lowest BCUT2D eigenvalue weighted by Crippen LogP contribution is -2.00. The summed E-state index contributed by atoms with van der Waals surface area (Å²) >= 11 is 0. The Morgan fingerprint density at radius 3 is 1.81 bits per heavy atom. The van der Waals surface area contributed by atoms with Crippen molar-refractivity contribution in [1.82, 2.24) is 0 Å². The maximum atomic E-state index is 5.50. The van der Waals surface area contributed by atoms with Crippen LogP contribution in [-0.2, 0) is 9.47 Å². The highest BCUT2D eigenvalue weighted by molar-refractivity contribution is 4.45. The number of hydrogen-bond acceptors (Lipinski definition) is 2. The molecule has 0 aromatic carbocycles. The van der Waals surface area contributed by atoms with Gasteiger partial charge in [0.15, 0.2) is 0 Å². The smallest absolute Gasteiger partial charge is 0.0487 e. The predicted molar refractivity (Wildman–Crippen MR) is 69.9 cm³/mol. The van der Waals surface area contributed by atoms with E-state index >= 15 is 0 Å². The Bertz CT molecular complexity index is 101. The summed E-state index contributed by atoms with van der Waals surface area (Å²) in [5, 5.41) is 0. The van der Waals surface area contributed by atoms with E-state index in [1.807, 2.05) is 0 Å². The lowest BCUT2D eigenvalue weighted by Gasteiger charge is -2.04. The van der Waals surface area contributed by atoms with Gasteiger partial charge < -0.3 is 9.47 Å². The number of methoxy groups -OCH3 is 1. The van der Waals surface area contributed by atoms with Gasteiger partial charge in [0, 0.05) is 26.9 Å². The summed E-state index contributed by atoms with van der Waals surface area (Å²) in [5.74, 6) is 0. The van der Waals surface area contributed by atoms with E-state index in [0.717, 1.165) is 26.2 Å². The molecule has 0 aliphatic heterocycles. The molecule has 98 valence electrons. The van der Waals surface area contributed by atoms with E-state index in [9.17, 15) is 0 Å². The van der Waals surface area contributed by atoms with Crippen LogP contribution in [0, 0.1) is 0 Å². The molecule has 0 N–H and O–H groups in total. The minimum absolute atomic E-state index is 0.817. The Morgan fingerprint density at radius 2 is 1.19 bits per heavy atom. The standard InChI is InChI=1S/C14H30O2/c1-3-4-5-6-7-8-9-10-13-16-14-11-12-15-2/h3-14H2,1-2H3. The highest BCUT2D eigenvalue weighted by Gasteiger charge is 1.92. The molecule has 0 rings (SSSR count). The third kappa shape index (κ3) is 13.9. The average Bonchev–Trinajstić information content (AvgIpc) is 2.31. The van der Waals surface area contributed by atoms with Crippen LogP contribution < -0.4 is 0 Å².